The predicted octanol–water partition coefficient (Wildman–Crippen LogP) is 5.70. The molecule has 3 atom stereocenters. The molecule has 2 N–H and O–H groups in total. The minimum atomic E-state index is -0.965. The lowest BCUT2D eigenvalue weighted by atomic mass is 9.94. The van der Waals surface area contributed by atoms with E-state index in [0.717, 1.165) is 19.4 Å². The molecule has 8 nitrogen and oxygen atoms in total. The van der Waals surface area contributed by atoms with E-state index in [1.54, 1.807) is 13.0 Å². The second kappa shape index (κ2) is 10.7. The third kappa shape index (κ3) is 4.90. The molecule has 2 aromatic heterocycles. The summed E-state index contributed by atoms with van der Waals surface area (Å²) in [6.07, 6.45) is 4.36. The Kier molecular flexibility index (Phi) is 7.08. The Labute approximate surface area is 253 Å². The van der Waals surface area contributed by atoms with Crippen LogP contribution < -0.4 is 9.64 Å². The standard InChI is InChI=1S/C33H36F3N5O3/c1-3-22-25(35)7-6-19-12-21(42)13-23(26(19)22)28-27(36)29-24(15-37-28)30(40-10-4-8-32(2,43)17-40)39-31(38-29)44-18-33-9-5-11-41(33)16-20(34)14-33/h6-7,12-13,15,20,42-43H,3-5,8-11,14,16-18H2,1-2H3/t20-,32-,33+/m1/s1. The highest BCUT2D eigenvalue weighted by Crippen LogP contribution is 2.42. The van der Waals surface area contributed by atoms with Crippen LogP contribution in [-0.2, 0) is 6.42 Å². The molecule has 0 aliphatic carbocycles. The number of nitrogens with zero attached hydrogens (tertiary/aromatic N) is 5. The van der Waals surface area contributed by atoms with Gasteiger partial charge in [0, 0.05) is 37.8 Å². The van der Waals surface area contributed by atoms with Gasteiger partial charge < -0.3 is 19.8 Å². The molecule has 3 fully saturated rings. The van der Waals surface area contributed by atoms with Crippen molar-refractivity contribution >= 4 is 27.5 Å². The second-order valence-electron chi connectivity index (χ2n) is 12.9. The largest absolute Gasteiger partial charge is 0.508 e. The summed E-state index contributed by atoms with van der Waals surface area (Å²) in [4.78, 5) is 17.7. The number of piperidine rings is 1. The predicted molar refractivity (Wildman–Crippen MR) is 162 cm³/mol. The van der Waals surface area contributed by atoms with Crippen molar-refractivity contribution in [2.75, 3.05) is 37.7 Å². The fraction of sp³-hybridized carbons (Fsp3) is 0.485. The number of anilines is 1. The van der Waals surface area contributed by atoms with Gasteiger partial charge in [-0.25, -0.2) is 13.2 Å². The highest BCUT2D eigenvalue weighted by Gasteiger charge is 2.49. The first-order valence-electron chi connectivity index (χ1n) is 15.4. The maximum Gasteiger partial charge on any atom is 0.319 e. The maximum absolute atomic E-state index is 16.7. The van der Waals surface area contributed by atoms with Crippen molar-refractivity contribution in [3.05, 3.63) is 47.7 Å². The SMILES string of the molecule is CCc1c(F)ccc2cc(O)cc(-c3ncc4c(N5CCC[C@@](C)(O)C5)nc(OC[C@@]56CCCN5C[C@H](F)C6)nc4c3F)c12. The molecule has 0 amide bonds. The average Bonchev–Trinajstić information content (AvgIpc) is 3.51. The van der Waals surface area contributed by atoms with E-state index in [1.165, 1.54) is 24.4 Å². The minimum Gasteiger partial charge on any atom is -0.508 e. The van der Waals surface area contributed by atoms with Crippen LogP contribution in [0.5, 0.6) is 11.8 Å². The number of pyridine rings is 1. The Balaban J connectivity index is 1.38. The molecule has 0 unspecified atom stereocenters. The number of phenolic OH excluding ortho intramolecular Hbond substituents is 1. The van der Waals surface area contributed by atoms with Crippen molar-refractivity contribution in [2.24, 2.45) is 0 Å². The third-order valence-electron chi connectivity index (χ3n) is 9.61. The van der Waals surface area contributed by atoms with Crippen molar-refractivity contribution in [3.63, 3.8) is 0 Å². The fourth-order valence-corrected chi connectivity index (χ4v) is 7.60. The number of rotatable bonds is 6. The summed E-state index contributed by atoms with van der Waals surface area (Å²) in [6.45, 7) is 5.79. The van der Waals surface area contributed by atoms with Crippen LogP contribution in [0.1, 0.15) is 51.5 Å². The minimum absolute atomic E-state index is 0.0401. The number of aromatic hydroxyl groups is 1. The van der Waals surface area contributed by atoms with Crippen LogP contribution in [0.4, 0.5) is 19.0 Å². The van der Waals surface area contributed by atoms with Crippen molar-refractivity contribution in [2.45, 2.75) is 69.7 Å². The lowest BCUT2D eigenvalue weighted by Crippen LogP contribution is -2.46. The van der Waals surface area contributed by atoms with Gasteiger partial charge in [-0.15, -0.1) is 0 Å². The van der Waals surface area contributed by atoms with E-state index in [4.69, 9.17) is 9.72 Å². The molecule has 0 bridgehead atoms. The number of hydrogen-bond donors (Lipinski definition) is 2. The number of halogens is 3. The molecule has 3 saturated heterocycles. The first-order valence-corrected chi connectivity index (χ1v) is 15.4. The highest BCUT2D eigenvalue weighted by molar-refractivity contribution is 6.01. The summed E-state index contributed by atoms with van der Waals surface area (Å²) in [5.41, 5.74) is -0.898. The molecule has 0 spiro atoms. The van der Waals surface area contributed by atoms with Gasteiger partial charge in [0.25, 0.3) is 0 Å². The van der Waals surface area contributed by atoms with Crippen LogP contribution in [-0.4, -0.2) is 80.2 Å². The zero-order chi connectivity index (χ0) is 30.8. The number of β-amino-alcohol motifs (C(OH)–C–C–N with tert-alkyl or cyclic N) is 1. The van der Waals surface area contributed by atoms with E-state index in [9.17, 15) is 19.0 Å². The Hall–Kier alpha value is -3.70. The zero-order valence-electron chi connectivity index (χ0n) is 24.9. The van der Waals surface area contributed by atoms with Gasteiger partial charge in [0.2, 0.25) is 0 Å². The lowest BCUT2D eigenvalue weighted by Gasteiger charge is -2.38. The molecule has 11 heteroatoms. The van der Waals surface area contributed by atoms with E-state index >= 15 is 4.39 Å². The van der Waals surface area contributed by atoms with E-state index in [0.29, 0.717) is 66.3 Å². The summed E-state index contributed by atoms with van der Waals surface area (Å²) in [5.74, 6) is -0.898. The topological polar surface area (TPSA) is 94.8 Å². The molecule has 4 aromatic rings. The highest BCUT2D eigenvalue weighted by atomic mass is 19.1. The summed E-state index contributed by atoms with van der Waals surface area (Å²) < 4.78 is 52.2. The molecular weight excluding hydrogens is 571 g/mol. The molecule has 3 aliphatic heterocycles. The van der Waals surface area contributed by atoms with Gasteiger partial charge >= 0.3 is 6.01 Å². The normalized spacial score (nSPS) is 25.7. The molecule has 2 aromatic carbocycles. The van der Waals surface area contributed by atoms with Gasteiger partial charge in [-0.2, -0.15) is 9.97 Å². The number of phenols is 1. The summed E-state index contributed by atoms with van der Waals surface area (Å²) in [7, 11) is 0. The third-order valence-corrected chi connectivity index (χ3v) is 9.61. The van der Waals surface area contributed by atoms with E-state index < -0.39 is 28.9 Å². The fourth-order valence-electron chi connectivity index (χ4n) is 7.60. The first-order chi connectivity index (χ1) is 21.1. The van der Waals surface area contributed by atoms with Crippen molar-refractivity contribution < 1.29 is 28.1 Å². The number of ether oxygens (including phenoxy) is 1. The van der Waals surface area contributed by atoms with Gasteiger partial charge in [0.1, 0.15) is 41.4 Å². The monoisotopic (exact) mass is 607 g/mol. The molecule has 44 heavy (non-hydrogen) atoms. The van der Waals surface area contributed by atoms with Crippen LogP contribution in [0.2, 0.25) is 0 Å². The number of alkyl halides is 1. The van der Waals surface area contributed by atoms with Crippen molar-refractivity contribution in [1.29, 1.82) is 0 Å². The van der Waals surface area contributed by atoms with E-state index in [1.807, 2.05) is 11.8 Å². The summed E-state index contributed by atoms with van der Waals surface area (Å²) >= 11 is 0. The average molecular weight is 608 g/mol. The molecule has 3 aliphatic rings. The van der Waals surface area contributed by atoms with Crippen LogP contribution in [0.25, 0.3) is 32.9 Å². The zero-order valence-corrected chi connectivity index (χ0v) is 24.9. The summed E-state index contributed by atoms with van der Waals surface area (Å²) in [5, 5.41) is 22.8. The molecule has 0 radical (unpaired) electrons. The number of fused-ring (bicyclic) bond motifs is 3. The molecule has 232 valence electrons. The number of aromatic nitrogens is 3. The second-order valence-corrected chi connectivity index (χ2v) is 12.9. The van der Waals surface area contributed by atoms with E-state index in [2.05, 4.69) is 14.9 Å². The van der Waals surface area contributed by atoms with Crippen LogP contribution in [0, 0.1) is 11.6 Å². The van der Waals surface area contributed by atoms with Crippen LogP contribution in [0.3, 0.4) is 0 Å². The van der Waals surface area contributed by atoms with Crippen molar-refractivity contribution in [1.82, 2.24) is 19.9 Å². The molecule has 5 heterocycles. The number of hydrogen-bond acceptors (Lipinski definition) is 8. The number of aliphatic hydroxyl groups is 1. The van der Waals surface area contributed by atoms with Gasteiger partial charge in [-0.1, -0.05) is 13.0 Å². The Morgan fingerprint density at radius 1 is 1.11 bits per heavy atom. The number of aryl methyl sites for hydroxylation is 1. The Morgan fingerprint density at radius 2 is 1.93 bits per heavy atom. The van der Waals surface area contributed by atoms with Gasteiger partial charge in [-0.3, -0.25) is 9.88 Å². The molecule has 0 saturated carbocycles. The quantitative estimate of drug-likeness (QED) is 0.289. The smallest absolute Gasteiger partial charge is 0.319 e. The van der Waals surface area contributed by atoms with Crippen LogP contribution in [0.15, 0.2) is 30.5 Å². The first kappa shape index (κ1) is 29.0. The van der Waals surface area contributed by atoms with Crippen molar-refractivity contribution in [3.8, 4) is 23.0 Å². The van der Waals surface area contributed by atoms with Gasteiger partial charge in [0.15, 0.2) is 5.82 Å². The van der Waals surface area contributed by atoms with Crippen LogP contribution >= 0.6 is 0 Å². The maximum atomic E-state index is 16.7. The lowest BCUT2D eigenvalue weighted by molar-refractivity contribution is 0.0447. The van der Waals surface area contributed by atoms with Gasteiger partial charge in [0.05, 0.1) is 16.5 Å². The van der Waals surface area contributed by atoms with Gasteiger partial charge in [-0.05, 0) is 80.1 Å². The molecular formula is C33H36F3N5O3. The summed E-state index contributed by atoms with van der Waals surface area (Å²) in [6, 6.07) is 5.75. The van der Waals surface area contributed by atoms with E-state index in [-0.39, 0.29) is 41.7 Å². The Bertz CT molecular complexity index is 1770. The molecule has 7 rings (SSSR count). The number of benzene rings is 2. The Morgan fingerprint density at radius 3 is 2.73 bits per heavy atom.